The molecule has 0 aliphatic carbocycles. The van der Waals surface area contributed by atoms with Crippen LogP contribution in [-0.2, 0) is 9.59 Å². The fraction of sp³-hybridized carbons (Fsp3) is 0.800. The van der Waals surface area contributed by atoms with Crippen LogP contribution >= 0.6 is 11.8 Å². The number of carboxylic acids is 2. The van der Waals surface area contributed by atoms with Gasteiger partial charge in [0.1, 0.15) is 0 Å². The molecule has 5 nitrogen and oxygen atoms in total. The summed E-state index contributed by atoms with van der Waals surface area (Å²) in [6.45, 7) is 1.87. The molecule has 0 aromatic carbocycles. The lowest BCUT2D eigenvalue weighted by Gasteiger charge is -2.34. The third-order valence-electron chi connectivity index (χ3n) is 2.94. The van der Waals surface area contributed by atoms with E-state index in [9.17, 15) is 9.59 Å². The maximum atomic E-state index is 11.0. The van der Waals surface area contributed by atoms with Crippen molar-refractivity contribution in [2.45, 2.75) is 6.42 Å². The average Bonchev–Trinajstić information content (AvgIpc) is 2.25. The van der Waals surface area contributed by atoms with E-state index in [0.717, 1.165) is 12.3 Å². The van der Waals surface area contributed by atoms with Crippen LogP contribution in [0.2, 0.25) is 0 Å². The maximum absolute atomic E-state index is 11.0. The van der Waals surface area contributed by atoms with Gasteiger partial charge < -0.3 is 15.1 Å². The number of hydrogen-bond donors (Lipinski definition) is 2. The second-order valence-electron chi connectivity index (χ2n) is 3.97. The van der Waals surface area contributed by atoms with Crippen molar-refractivity contribution in [3.8, 4) is 0 Å². The zero-order chi connectivity index (χ0) is 12.1. The normalized spacial score (nSPS) is 26.6. The number of nitrogens with zero attached hydrogens (tertiary/aromatic N) is 1. The summed E-state index contributed by atoms with van der Waals surface area (Å²) >= 11 is 1.71. The van der Waals surface area contributed by atoms with Gasteiger partial charge in [0.05, 0.1) is 11.8 Å². The number of carboxylic acid groups (broad SMARTS) is 2. The van der Waals surface area contributed by atoms with E-state index in [-0.39, 0.29) is 0 Å². The number of likely N-dealkylation sites (tertiary alicyclic amines) is 1. The Bertz CT molecular complexity index is 272. The van der Waals surface area contributed by atoms with Gasteiger partial charge in [-0.1, -0.05) is 0 Å². The molecule has 1 rings (SSSR count). The predicted molar refractivity (Wildman–Crippen MR) is 61.7 cm³/mol. The van der Waals surface area contributed by atoms with Crippen LogP contribution < -0.4 is 0 Å². The second-order valence-corrected chi connectivity index (χ2v) is 4.96. The van der Waals surface area contributed by atoms with Crippen molar-refractivity contribution in [3.05, 3.63) is 0 Å². The third-order valence-corrected chi connectivity index (χ3v) is 3.53. The minimum Gasteiger partial charge on any atom is -0.481 e. The van der Waals surface area contributed by atoms with Crippen molar-refractivity contribution in [1.29, 1.82) is 0 Å². The fourth-order valence-corrected chi connectivity index (χ4v) is 2.43. The summed E-state index contributed by atoms with van der Waals surface area (Å²) in [5, 5.41) is 17.9. The van der Waals surface area contributed by atoms with Gasteiger partial charge in [-0.05, 0) is 19.2 Å². The smallest absolute Gasteiger partial charge is 0.308 e. The second kappa shape index (κ2) is 6.10. The standard InChI is InChI=1S/C10H17NO4S/c1-16-5-4-11-3-2-7(9(12)13)8(6-11)10(14)15/h7-8H,2-6H2,1H3,(H,12,13)(H,14,15). The summed E-state index contributed by atoms with van der Waals surface area (Å²) in [6, 6.07) is 0. The molecule has 0 bridgehead atoms. The van der Waals surface area contributed by atoms with Crippen LogP contribution in [-0.4, -0.2) is 58.7 Å². The first-order valence-corrected chi connectivity index (χ1v) is 6.62. The van der Waals surface area contributed by atoms with Crippen LogP contribution in [0.4, 0.5) is 0 Å². The summed E-state index contributed by atoms with van der Waals surface area (Å²) in [5.41, 5.74) is 0. The SMILES string of the molecule is CSCCN1CCC(C(=O)O)C(C(=O)O)C1. The molecule has 2 N–H and O–H groups in total. The van der Waals surface area contributed by atoms with Crippen LogP contribution in [0.3, 0.4) is 0 Å². The molecule has 0 aromatic heterocycles. The Morgan fingerprint density at radius 1 is 1.31 bits per heavy atom. The van der Waals surface area contributed by atoms with E-state index in [0.29, 0.717) is 19.5 Å². The molecule has 1 heterocycles. The Morgan fingerprint density at radius 2 is 1.94 bits per heavy atom. The first-order valence-electron chi connectivity index (χ1n) is 5.23. The molecular formula is C10H17NO4S. The highest BCUT2D eigenvalue weighted by Crippen LogP contribution is 2.24. The number of carbonyl (C=O) groups is 2. The summed E-state index contributed by atoms with van der Waals surface area (Å²) < 4.78 is 0. The molecule has 2 unspecified atom stereocenters. The van der Waals surface area contributed by atoms with E-state index in [1.165, 1.54) is 0 Å². The molecule has 1 aliphatic heterocycles. The van der Waals surface area contributed by atoms with Gasteiger partial charge in [0.2, 0.25) is 0 Å². The maximum Gasteiger partial charge on any atom is 0.308 e. The molecular weight excluding hydrogens is 230 g/mol. The first kappa shape index (κ1) is 13.3. The van der Waals surface area contributed by atoms with Crippen molar-refractivity contribution in [3.63, 3.8) is 0 Å². The Kier molecular flexibility index (Phi) is 5.08. The van der Waals surface area contributed by atoms with E-state index in [1.807, 2.05) is 11.2 Å². The Labute approximate surface area is 98.8 Å². The lowest BCUT2D eigenvalue weighted by molar-refractivity contribution is -0.157. The molecule has 0 amide bonds. The summed E-state index contributed by atoms with van der Waals surface area (Å²) in [5.74, 6) is -2.54. The number of piperidine rings is 1. The topological polar surface area (TPSA) is 77.8 Å². The minimum absolute atomic E-state index is 0.354. The van der Waals surface area contributed by atoms with Gasteiger partial charge in [-0.25, -0.2) is 0 Å². The number of rotatable bonds is 5. The molecule has 1 aliphatic rings. The van der Waals surface area contributed by atoms with Gasteiger partial charge in [-0.15, -0.1) is 0 Å². The van der Waals surface area contributed by atoms with Gasteiger partial charge in [0.25, 0.3) is 0 Å². The van der Waals surface area contributed by atoms with Gasteiger partial charge in [0.15, 0.2) is 0 Å². The van der Waals surface area contributed by atoms with Crippen molar-refractivity contribution < 1.29 is 19.8 Å². The number of aliphatic carboxylic acids is 2. The molecule has 6 heteroatoms. The third kappa shape index (κ3) is 3.38. The molecule has 1 saturated heterocycles. The zero-order valence-electron chi connectivity index (χ0n) is 9.26. The van der Waals surface area contributed by atoms with E-state index >= 15 is 0 Å². The quantitative estimate of drug-likeness (QED) is 0.734. The Morgan fingerprint density at radius 3 is 2.44 bits per heavy atom. The van der Waals surface area contributed by atoms with Crippen molar-refractivity contribution in [2.24, 2.45) is 11.8 Å². The number of thioether (sulfide) groups is 1. The average molecular weight is 247 g/mol. The van der Waals surface area contributed by atoms with E-state index in [1.54, 1.807) is 11.8 Å². The monoisotopic (exact) mass is 247 g/mol. The summed E-state index contributed by atoms with van der Waals surface area (Å²) in [4.78, 5) is 23.9. The van der Waals surface area contributed by atoms with Gasteiger partial charge in [-0.3, -0.25) is 9.59 Å². The van der Waals surface area contributed by atoms with Crippen LogP contribution in [0.5, 0.6) is 0 Å². The first-order chi connectivity index (χ1) is 7.56. The molecule has 16 heavy (non-hydrogen) atoms. The molecule has 92 valence electrons. The molecule has 1 fully saturated rings. The summed E-state index contributed by atoms with van der Waals surface area (Å²) in [6.07, 6.45) is 2.43. The van der Waals surface area contributed by atoms with Gasteiger partial charge >= 0.3 is 11.9 Å². The lowest BCUT2D eigenvalue weighted by atomic mass is 9.85. The van der Waals surface area contributed by atoms with Crippen LogP contribution in [0.25, 0.3) is 0 Å². The van der Waals surface area contributed by atoms with Crippen LogP contribution in [0.1, 0.15) is 6.42 Å². The summed E-state index contributed by atoms with van der Waals surface area (Å²) in [7, 11) is 0. The van der Waals surface area contributed by atoms with Crippen molar-refractivity contribution in [1.82, 2.24) is 4.90 Å². The molecule has 2 atom stereocenters. The van der Waals surface area contributed by atoms with E-state index < -0.39 is 23.8 Å². The van der Waals surface area contributed by atoms with Crippen molar-refractivity contribution >= 4 is 23.7 Å². The van der Waals surface area contributed by atoms with E-state index in [2.05, 4.69) is 0 Å². The lowest BCUT2D eigenvalue weighted by Crippen LogP contribution is -2.47. The largest absolute Gasteiger partial charge is 0.481 e. The van der Waals surface area contributed by atoms with Gasteiger partial charge in [-0.2, -0.15) is 11.8 Å². The molecule has 0 spiro atoms. The molecule has 0 saturated carbocycles. The van der Waals surface area contributed by atoms with Crippen LogP contribution in [0, 0.1) is 11.8 Å². The highest BCUT2D eigenvalue weighted by atomic mass is 32.2. The van der Waals surface area contributed by atoms with Crippen molar-refractivity contribution in [2.75, 3.05) is 31.6 Å². The molecule has 0 aromatic rings. The Hall–Kier alpha value is -0.750. The number of hydrogen-bond acceptors (Lipinski definition) is 4. The predicted octanol–water partition coefficient (Wildman–Crippen LogP) is 0.457. The molecule has 0 radical (unpaired) electrons. The van der Waals surface area contributed by atoms with E-state index in [4.69, 9.17) is 10.2 Å². The highest BCUT2D eigenvalue weighted by molar-refractivity contribution is 7.98. The van der Waals surface area contributed by atoms with Crippen LogP contribution in [0.15, 0.2) is 0 Å². The Balaban J connectivity index is 2.58. The zero-order valence-corrected chi connectivity index (χ0v) is 10.1. The van der Waals surface area contributed by atoms with Gasteiger partial charge in [0, 0.05) is 18.8 Å². The fourth-order valence-electron chi connectivity index (χ4n) is 1.99. The highest BCUT2D eigenvalue weighted by Gasteiger charge is 2.38. The minimum atomic E-state index is -0.999.